The van der Waals surface area contributed by atoms with E-state index in [9.17, 15) is 9.90 Å². The SMILES string of the molecule is CC(=O)O[C@@H]1CC[C@]2(C)C(=CC[C@@H]3[C@H]4CC[C@@H](O)[C@@]4(C)CC[C@@H]32)C1. The Kier molecular flexibility index (Phi) is 3.87. The van der Waals surface area contributed by atoms with Gasteiger partial charge in [0.15, 0.2) is 0 Å². The molecule has 0 bridgehead atoms. The van der Waals surface area contributed by atoms with Crippen molar-refractivity contribution in [2.75, 3.05) is 0 Å². The van der Waals surface area contributed by atoms with E-state index >= 15 is 0 Å². The fourth-order valence-electron chi connectivity index (χ4n) is 6.94. The Bertz CT molecular complexity index is 567. The number of rotatable bonds is 1. The van der Waals surface area contributed by atoms with Crippen molar-refractivity contribution in [1.82, 2.24) is 0 Å². The maximum atomic E-state index is 11.3. The molecule has 3 saturated carbocycles. The molecule has 0 saturated heterocycles. The largest absolute Gasteiger partial charge is 0.462 e. The molecule has 4 rings (SSSR count). The predicted molar refractivity (Wildman–Crippen MR) is 93.3 cm³/mol. The molecule has 24 heavy (non-hydrogen) atoms. The number of allylic oxidation sites excluding steroid dienone is 1. The van der Waals surface area contributed by atoms with E-state index in [2.05, 4.69) is 19.9 Å². The van der Waals surface area contributed by atoms with Crippen LogP contribution >= 0.6 is 0 Å². The first-order valence-corrected chi connectivity index (χ1v) is 9.89. The average Bonchev–Trinajstić information content (AvgIpc) is 2.83. The zero-order valence-electron chi connectivity index (χ0n) is 15.4. The lowest BCUT2D eigenvalue weighted by Crippen LogP contribution is -2.51. The Labute approximate surface area is 145 Å². The standard InChI is InChI=1S/C21H32O3/c1-13(22)24-15-8-10-20(2)14(12-15)4-5-16-17-6-7-19(23)21(17,3)11-9-18(16)20/h4,15-19,23H,5-12H2,1-3H3/t15-,16-,17-,18+,19-,20-,21+/m1/s1. The first-order valence-electron chi connectivity index (χ1n) is 9.89. The van der Waals surface area contributed by atoms with Gasteiger partial charge in [-0.2, -0.15) is 0 Å². The maximum Gasteiger partial charge on any atom is 0.302 e. The minimum atomic E-state index is -0.147. The Morgan fingerprint density at radius 1 is 1.17 bits per heavy atom. The third-order valence-corrected chi connectivity index (χ3v) is 8.34. The monoisotopic (exact) mass is 332 g/mol. The van der Waals surface area contributed by atoms with Gasteiger partial charge in [0.1, 0.15) is 6.10 Å². The van der Waals surface area contributed by atoms with Crippen LogP contribution < -0.4 is 0 Å². The molecule has 0 spiro atoms. The lowest BCUT2D eigenvalue weighted by atomic mass is 9.48. The third-order valence-electron chi connectivity index (χ3n) is 8.34. The average molecular weight is 332 g/mol. The molecule has 0 aromatic heterocycles. The lowest BCUT2D eigenvalue weighted by Gasteiger charge is -2.57. The van der Waals surface area contributed by atoms with Crippen LogP contribution in [0.1, 0.15) is 72.1 Å². The molecular weight excluding hydrogens is 300 g/mol. The van der Waals surface area contributed by atoms with Gasteiger partial charge in [0.2, 0.25) is 0 Å². The molecule has 0 heterocycles. The molecule has 0 unspecified atom stereocenters. The number of aliphatic hydroxyl groups excluding tert-OH is 1. The minimum absolute atomic E-state index is 0.0838. The van der Waals surface area contributed by atoms with Crippen LogP contribution in [-0.2, 0) is 9.53 Å². The highest BCUT2D eigenvalue weighted by molar-refractivity contribution is 5.66. The second kappa shape index (κ2) is 5.59. The van der Waals surface area contributed by atoms with Crippen LogP contribution in [0.5, 0.6) is 0 Å². The molecule has 4 aliphatic rings. The zero-order valence-corrected chi connectivity index (χ0v) is 15.4. The van der Waals surface area contributed by atoms with Crippen molar-refractivity contribution in [3.63, 3.8) is 0 Å². The van der Waals surface area contributed by atoms with Crippen LogP contribution in [0.3, 0.4) is 0 Å². The number of hydrogen-bond acceptors (Lipinski definition) is 3. The highest BCUT2D eigenvalue weighted by atomic mass is 16.5. The van der Waals surface area contributed by atoms with Crippen molar-refractivity contribution in [3.8, 4) is 0 Å². The van der Waals surface area contributed by atoms with Crippen LogP contribution in [0.4, 0.5) is 0 Å². The quantitative estimate of drug-likeness (QED) is 0.577. The van der Waals surface area contributed by atoms with Crippen molar-refractivity contribution in [2.45, 2.75) is 84.3 Å². The summed E-state index contributed by atoms with van der Waals surface area (Å²) in [7, 11) is 0. The summed E-state index contributed by atoms with van der Waals surface area (Å²) in [5.74, 6) is 2.03. The van der Waals surface area contributed by atoms with Crippen LogP contribution in [0.25, 0.3) is 0 Å². The van der Waals surface area contributed by atoms with Crippen molar-refractivity contribution in [3.05, 3.63) is 11.6 Å². The normalized spacial score (nSPS) is 50.3. The van der Waals surface area contributed by atoms with Gasteiger partial charge < -0.3 is 9.84 Å². The Balaban J connectivity index is 1.59. The highest BCUT2D eigenvalue weighted by Gasteiger charge is 2.58. The molecular formula is C21H32O3. The maximum absolute atomic E-state index is 11.3. The molecule has 7 atom stereocenters. The number of esters is 1. The van der Waals surface area contributed by atoms with Crippen LogP contribution in [-0.4, -0.2) is 23.3 Å². The summed E-state index contributed by atoms with van der Waals surface area (Å²) in [5.41, 5.74) is 1.98. The van der Waals surface area contributed by atoms with E-state index in [1.165, 1.54) is 26.2 Å². The van der Waals surface area contributed by atoms with Crippen molar-refractivity contribution in [1.29, 1.82) is 0 Å². The Morgan fingerprint density at radius 3 is 2.71 bits per heavy atom. The van der Waals surface area contributed by atoms with Crippen molar-refractivity contribution >= 4 is 5.97 Å². The van der Waals surface area contributed by atoms with E-state index in [1.807, 2.05) is 0 Å². The molecule has 0 amide bonds. The highest BCUT2D eigenvalue weighted by Crippen LogP contribution is 2.64. The summed E-state index contributed by atoms with van der Waals surface area (Å²) >= 11 is 0. The van der Waals surface area contributed by atoms with Crippen LogP contribution in [0, 0.1) is 28.6 Å². The summed E-state index contributed by atoms with van der Waals surface area (Å²) in [6, 6.07) is 0. The van der Waals surface area contributed by atoms with Crippen molar-refractivity contribution in [2.24, 2.45) is 28.6 Å². The first-order chi connectivity index (χ1) is 11.3. The van der Waals surface area contributed by atoms with Gasteiger partial charge in [-0.05, 0) is 73.5 Å². The number of hydrogen-bond donors (Lipinski definition) is 1. The van der Waals surface area contributed by atoms with Gasteiger partial charge in [-0.3, -0.25) is 4.79 Å². The summed E-state index contributed by atoms with van der Waals surface area (Å²) in [6.45, 7) is 6.32. The molecule has 0 radical (unpaired) electrons. The summed E-state index contributed by atoms with van der Waals surface area (Å²) in [6.07, 6.45) is 11.3. The number of carbonyl (C=O) groups is 1. The fraction of sp³-hybridized carbons (Fsp3) is 0.857. The van der Waals surface area contributed by atoms with Crippen LogP contribution in [0.15, 0.2) is 11.6 Å². The third kappa shape index (κ3) is 2.30. The number of fused-ring (bicyclic) bond motifs is 5. The molecule has 134 valence electrons. The van der Waals surface area contributed by atoms with Gasteiger partial charge >= 0.3 is 5.97 Å². The molecule has 1 N–H and O–H groups in total. The molecule has 0 aromatic carbocycles. The van der Waals surface area contributed by atoms with E-state index in [-0.39, 0.29) is 29.0 Å². The minimum Gasteiger partial charge on any atom is -0.462 e. The molecule has 0 aromatic rings. The molecule has 3 fully saturated rings. The molecule has 3 nitrogen and oxygen atoms in total. The van der Waals surface area contributed by atoms with Crippen LogP contribution in [0.2, 0.25) is 0 Å². The second-order valence-corrected chi connectivity index (χ2v) is 9.37. The summed E-state index contributed by atoms with van der Waals surface area (Å²) in [4.78, 5) is 11.3. The van der Waals surface area contributed by atoms with E-state index in [0.717, 1.165) is 43.9 Å². The predicted octanol–water partition coefficient (Wildman–Crippen LogP) is 4.24. The summed E-state index contributed by atoms with van der Waals surface area (Å²) < 4.78 is 5.51. The number of carbonyl (C=O) groups excluding carboxylic acids is 1. The van der Waals surface area contributed by atoms with Crippen molar-refractivity contribution < 1.29 is 14.6 Å². The number of aliphatic hydroxyl groups is 1. The van der Waals surface area contributed by atoms with Gasteiger partial charge in [-0.1, -0.05) is 25.5 Å². The van der Waals surface area contributed by atoms with E-state index in [4.69, 9.17) is 4.74 Å². The van der Waals surface area contributed by atoms with E-state index in [0.29, 0.717) is 5.92 Å². The first kappa shape index (κ1) is 16.6. The fourth-order valence-corrected chi connectivity index (χ4v) is 6.94. The smallest absolute Gasteiger partial charge is 0.302 e. The van der Waals surface area contributed by atoms with E-state index in [1.54, 1.807) is 5.57 Å². The zero-order chi connectivity index (χ0) is 17.1. The molecule has 4 aliphatic carbocycles. The topological polar surface area (TPSA) is 46.5 Å². The van der Waals surface area contributed by atoms with Gasteiger partial charge in [0, 0.05) is 13.3 Å². The second-order valence-electron chi connectivity index (χ2n) is 9.37. The van der Waals surface area contributed by atoms with Gasteiger partial charge in [-0.15, -0.1) is 0 Å². The molecule has 0 aliphatic heterocycles. The lowest BCUT2D eigenvalue weighted by molar-refractivity contribution is -0.148. The van der Waals surface area contributed by atoms with Gasteiger partial charge in [0.25, 0.3) is 0 Å². The van der Waals surface area contributed by atoms with Gasteiger partial charge in [0.05, 0.1) is 6.10 Å². The molecule has 3 heteroatoms. The Hall–Kier alpha value is -0.830. The van der Waals surface area contributed by atoms with E-state index < -0.39 is 0 Å². The van der Waals surface area contributed by atoms with Gasteiger partial charge in [-0.25, -0.2) is 0 Å². The summed E-state index contributed by atoms with van der Waals surface area (Å²) in [5, 5.41) is 10.5. The Morgan fingerprint density at radius 2 is 1.96 bits per heavy atom. The number of ether oxygens (including phenoxy) is 1.